The first-order valence-electron chi connectivity index (χ1n) is 15.6. The molecule has 0 spiro atoms. The molecular weight excluding hydrogens is 660 g/mol. The number of carbonyl (C=O) groups excluding carboxylic acids is 4. The Bertz CT molecular complexity index is 1770. The van der Waals surface area contributed by atoms with Gasteiger partial charge in [0.05, 0.1) is 24.4 Å². The minimum atomic E-state index is -1.09. The van der Waals surface area contributed by atoms with Crippen molar-refractivity contribution in [2.24, 2.45) is 0 Å². The van der Waals surface area contributed by atoms with Crippen molar-refractivity contribution in [2.75, 3.05) is 13.2 Å². The van der Waals surface area contributed by atoms with Crippen molar-refractivity contribution in [1.82, 2.24) is 19.9 Å². The summed E-state index contributed by atoms with van der Waals surface area (Å²) >= 11 is 0. The maximum Gasteiger partial charge on any atom is 0.356 e. The average molecular weight is 705 g/mol. The molecule has 0 saturated heterocycles. The van der Waals surface area contributed by atoms with E-state index >= 15 is 0 Å². The number of aromatic carboxylic acids is 1. The summed E-state index contributed by atoms with van der Waals surface area (Å²) in [6.45, 7) is 13.5. The van der Waals surface area contributed by atoms with Gasteiger partial charge < -0.3 is 24.8 Å². The molecule has 0 amide bonds. The van der Waals surface area contributed by atoms with E-state index in [-0.39, 0.29) is 28.6 Å². The summed E-state index contributed by atoms with van der Waals surface area (Å²) in [6, 6.07) is 12.5. The van der Waals surface area contributed by atoms with E-state index in [1.54, 1.807) is 84.3 Å². The molecule has 14 heteroatoms. The number of ether oxygens (including phenoxy) is 2. The largest absolute Gasteiger partial charge is 0.477 e. The van der Waals surface area contributed by atoms with Gasteiger partial charge in [0, 0.05) is 42.1 Å². The molecule has 14 nitrogen and oxygen atoms in total. The van der Waals surface area contributed by atoms with Crippen molar-refractivity contribution in [3.05, 3.63) is 119 Å². The zero-order valence-corrected chi connectivity index (χ0v) is 29.9. The molecule has 4 aromatic heterocycles. The van der Waals surface area contributed by atoms with Crippen molar-refractivity contribution in [3.8, 4) is 0 Å². The fourth-order valence-electron chi connectivity index (χ4n) is 3.61. The second kappa shape index (κ2) is 20.7. The number of Topliss-reactive ketones (excluding diaryl/α,β-unsaturated/α-hetero) is 2. The summed E-state index contributed by atoms with van der Waals surface area (Å²) in [6.07, 6.45) is 7.49. The minimum absolute atomic E-state index is 0.0559. The van der Waals surface area contributed by atoms with Gasteiger partial charge in [-0.2, -0.15) is 0 Å². The van der Waals surface area contributed by atoms with Gasteiger partial charge in [-0.25, -0.2) is 29.3 Å². The molecular formula is C37H44N4O10. The van der Waals surface area contributed by atoms with Crippen LogP contribution < -0.4 is 0 Å². The van der Waals surface area contributed by atoms with Gasteiger partial charge in [0.15, 0.2) is 11.6 Å². The molecule has 0 aliphatic carbocycles. The molecule has 0 fully saturated rings. The Hall–Kier alpha value is -5.73. The Morgan fingerprint density at radius 1 is 0.588 bits per heavy atom. The van der Waals surface area contributed by atoms with Crippen LogP contribution in [0.5, 0.6) is 0 Å². The van der Waals surface area contributed by atoms with Crippen LogP contribution in [0.2, 0.25) is 0 Å². The lowest BCUT2D eigenvalue weighted by Crippen LogP contribution is -2.17. The van der Waals surface area contributed by atoms with Crippen molar-refractivity contribution >= 4 is 29.5 Å². The highest BCUT2D eigenvalue weighted by Gasteiger charge is 2.19. The Balaban J connectivity index is 0.000000345. The molecule has 0 atom stereocenters. The number of pyridine rings is 4. The van der Waals surface area contributed by atoms with Gasteiger partial charge in [0.1, 0.15) is 17.1 Å². The van der Waals surface area contributed by atoms with E-state index in [0.717, 1.165) is 0 Å². The third kappa shape index (κ3) is 16.0. The first-order chi connectivity index (χ1) is 23.8. The monoisotopic (exact) mass is 704 g/mol. The number of aliphatic hydroxyl groups is 2. The first kappa shape index (κ1) is 43.3. The SMILES string of the molecule is CC(=O)c1ccncc1.CC(C)(O)c1ccnc(C(=O)O)c1.CCOC(=O)c1cc(C(C)(C)O)ccn1.CCOC(=O)c1cc(C(C)=O)ccn1. The van der Waals surface area contributed by atoms with E-state index in [0.29, 0.717) is 35.5 Å². The van der Waals surface area contributed by atoms with Crippen LogP contribution in [0.3, 0.4) is 0 Å². The lowest BCUT2D eigenvalue weighted by atomic mass is 9.99. The maximum absolute atomic E-state index is 11.4. The predicted octanol–water partition coefficient (Wildman–Crippen LogP) is 5.24. The average Bonchev–Trinajstić information content (AvgIpc) is 3.09. The van der Waals surface area contributed by atoms with Gasteiger partial charge in [0.25, 0.3) is 0 Å². The van der Waals surface area contributed by atoms with Crippen molar-refractivity contribution in [1.29, 1.82) is 0 Å². The van der Waals surface area contributed by atoms with Crippen molar-refractivity contribution in [3.63, 3.8) is 0 Å². The van der Waals surface area contributed by atoms with Crippen LogP contribution in [0.4, 0.5) is 0 Å². The maximum atomic E-state index is 11.4. The number of carbonyl (C=O) groups is 5. The normalized spacial score (nSPS) is 10.4. The quantitative estimate of drug-likeness (QED) is 0.150. The van der Waals surface area contributed by atoms with E-state index in [9.17, 15) is 34.2 Å². The van der Waals surface area contributed by atoms with E-state index in [2.05, 4.69) is 19.9 Å². The smallest absolute Gasteiger partial charge is 0.356 e. The van der Waals surface area contributed by atoms with Crippen LogP contribution >= 0.6 is 0 Å². The third-order valence-electron chi connectivity index (χ3n) is 6.37. The molecule has 51 heavy (non-hydrogen) atoms. The summed E-state index contributed by atoms with van der Waals surface area (Å²) in [7, 11) is 0. The summed E-state index contributed by atoms with van der Waals surface area (Å²) in [5.41, 5.74) is 0.668. The molecule has 0 radical (unpaired) electrons. The van der Waals surface area contributed by atoms with Crippen LogP contribution in [0.15, 0.2) is 79.5 Å². The van der Waals surface area contributed by atoms with Crippen LogP contribution in [0, 0.1) is 0 Å². The van der Waals surface area contributed by atoms with Crippen LogP contribution in [0.1, 0.15) is 119 Å². The van der Waals surface area contributed by atoms with E-state index in [1.807, 2.05) is 0 Å². The molecule has 4 rings (SSSR count). The number of rotatable bonds is 9. The van der Waals surface area contributed by atoms with Gasteiger partial charge >= 0.3 is 17.9 Å². The molecule has 272 valence electrons. The highest BCUT2D eigenvalue weighted by Crippen LogP contribution is 2.20. The molecule has 0 saturated carbocycles. The topological polar surface area (TPSA) is 216 Å². The van der Waals surface area contributed by atoms with Gasteiger partial charge in [-0.15, -0.1) is 0 Å². The van der Waals surface area contributed by atoms with E-state index in [1.165, 1.54) is 50.6 Å². The van der Waals surface area contributed by atoms with Crippen LogP contribution in [0.25, 0.3) is 0 Å². The van der Waals surface area contributed by atoms with Gasteiger partial charge in [-0.3, -0.25) is 14.6 Å². The zero-order chi connectivity index (χ0) is 38.8. The number of carboxylic acid groups (broad SMARTS) is 1. The molecule has 4 heterocycles. The van der Waals surface area contributed by atoms with Crippen molar-refractivity contribution in [2.45, 2.75) is 66.6 Å². The number of esters is 2. The standard InChI is InChI=1S/C11H15NO3.C10H11NO3.C9H11NO3.C7H7NO/c1-4-15-10(13)9-7-8(5-6-12-9)11(2,3)14;1-3-14-10(13)9-6-8(7(2)12)4-5-11-9;1-9(2,13)6-3-4-10-7(5-6)8(11)12;1-6(9)7-2-4-8-5-3-7/h5-7,14H,4H2,1-3H3;4-6H,3H2,1-2H3;3-5,13H,1-2H3,(H,11,12);2-5H,1H3. The lowest BCUT2D eigenvalue weighted by Gasteiger charge is -2.17. The summed E-state index contributed by atoms with van der Waals surface area (Å²) in [5, 5.41) is 28.0. The predicted molar refractivity (Wildman–Crippen MR) is 186 cm³/mol. The Labute approximate surface area is 296 Å². The molecule has 0 aromatic carbocycles. The van der Waals surface area contributed by atoms with E-state index in [4.69, 9.17) is 14.6 Å². The number of ketones is 2. The fourth-order valence-corrected chi connectivity index (χ4v) is 3.61. The number of carboxylic acids is 1. The second-order valence-corrected chi connectivity index (χ2v) is 11.5. The fraction of sp³-hybridized carbons (Fsp3) is 0.324. The molecule has 0 bridgehead atoms. The molecule has 3 N–H and O–H groups in total. The Kier molecular flexibility index (Phi) is 17.6. The van der Waals surface area contributed by atoms with Gasteiger partial charge in [-0.1, -0.05) is 0 Å². The van der Waals surface area contributed by atoms with Gasteiger partial charge in [0.2, 0.25) is 0 Å². The van der Waals surface area contributed by atoms with Crippen LogP contribution in [-0.4, -0.2) is 77.9 Å². The number of hydrogen-bond donors (Lipinski definition) is 3. The lowest BCUT2D eigenvalue weighted by molar-refractivity contribution is 0.0508. The summed E-state index contributed by atoms with van der Waals surface area (Å²) in [5.74, 6) is -2.08. The molecule has 0 aliphatic rings. The molecule has 4 aromatic rings. The third-order valence-corrected chi connectivity index (χ3v) is 6.37. The van der Waals surface area contributed by atoms with Gasteiger partial charge in [-0.05, 0) is 115 Å². The number of hydrogen-bond acceptors (Lipinski definition) is 13. The number of nitrogens with zero attached hydrogens (tertiary/aromatic N) is 4. The summed E-state index contributed by atoms with van der Waals surface area (Å²) in [4.78, 5) is 69.8. The second-order valence-electron chi connectivity index (χ2n) is 11.5. The zero-order valence-electron chi connectivity index (χ0n) is 29.9. The highest BCUT2D eigenvalue weighted by atomic mass is 16.5. The molecule has 0 unspecified atom stereocenters. The van der Waals surface area contributed by atoms with Crippen LogP contribution in [-0.2, 0) is 20.7 Å². The number of aromatic nitrogens is 4. The molecule has 0 aliphatic heterocycles. The van der Waals surface area contributed by atoms with Crippen molar-refractivity contribution < 1.29 is 48.8 Å². The highest BCUT2D eigenvalue weighted by molar-refractivity contribution is 5.97. The van der Waals surface area contributed by atoms with E-state index < -0.39 is 29.1 Å². The minimum Gasteiger partial charge on any atom is -0.477 e. The Morgan fingerprint density at radius 2 is 0.961 bits per heavy atom. The first-order valence-corrected chi connectivity index (χ1v) is 15.6. The summed E-state index contributed by atoms with van der Waals surface area (Å²) < 4.78 is 9.56. The Morgan fingerprint density at radius 3 is 1.33 bits per heavy atom.